The highest BCUT2D eigenvalue weighted by atomic mass is 32.1. The predicted octanol–water partition coefficient (Wildman–Crippen LogP) is 5.28. The van der Waals surface area contributed by atoms with Crippen molar-refractivity contribution in [2.75, 3.05) is 18.0 Å². The van der Waals surface area contributed by atoms with E-state index < -0.39 is 6.16 Å². The fourth-order valence-electron chi connectivity index (χ4n) is 3.52. The van der Waals surface area contributed by atoms with Crippen molar-refractivity contribution in [2.24, 2.45) is 0 Å². The van der Waals surface area contributed by atoms with Gasteiger partial charge < -0.3 is 14.7 Å². The molecule has 134 valence electrons. The van der Waals surface area contributed by atoms with E-state index in [2.05, 4.69) is 47.5 Å². The summed E-state index contributed by atoms with van der Waals surface area (Å²) in [6.45, 7) is 4.15. The molecule has 1 N–H and O–H groups in total. The number of carboxylic acid groups (broad SMARTS) is 1. The molecule has 1 aliphatic carbocycles. The number of nitrogens with zero attached hydrogens (tertiary/aromatic N) is 1. The average molecular weight is 359 g/mol. The molecule has 1 aromatic heterocycles. The van der Waals surface area contributed by atoms with Crippen LogP contribution in [0.25, 0.3) is 0 Å². The largest absolute Gasteiger partial charge is 0.506 e. The Morgan fingerprint density at radius 3 is 2.96 bits per heavy atom. The third-order valence-electron chi connectivity index (χ3n) is 4.70. The van der Waals surface area contributed by atoms with Crippen LogP contribution in [0.2, 0.25) is 0 Å². The number of ether oxygens (including phenoxy) is 1. The molecule has 25 heavy (non-hydrogen) atoms. The van der Waals surface area contributed by atoms with Crippen molar-refractivity contribution in [3.63, 3.8) is 0 Å². The molecule has 1 aromatic carbocycles. The highest BCUT2D eigenvalue weighted by Crippen LogP contribution is 2.35. The molecule has 0 spiro atoms. The molecule has 3 rings (SSSR count). The van der Waals surface area contributed by atoms with E-state index in [0.717, 1.165) is 56.4 Å². The van der Waals surface area contributed by atoms with Crippen molar-refractivity contribution in [1.29, 1.82) is 0 Å². The van der Waals surface area contributed by atoms with Crippen molar-refractivity contribution in [3.8, 4) is 0 Å². The molecule has 0 saturated carbocycles. The molecule has 5 heteroatoms. The van der Waals surface area contributed by atoms with Crippen LogP contribution in [0.4, 0.5) is 10.5 Å². The lowest BCUT2D eigenvalue weighted by Crippen LogP contribution is -2.27. The summed E-state index contributed by atoms with van der Waals surface area (Å²) in [4.78, 5) is 14.8. The lowest BCUT2D eigenvalue weighted by Gasteiger charge is -2.29. The van der Waals surface area contributed by atoms with Gasteiger partial charge in [0.15, 0.2) is 0 Å². The Kier molecular flexibility index (Phi) is 5.97. The molecule has 0 bridgehead atoms. The third-order valence-corrected chi connectivity index (χ3v) is 5.63. The zero-order valence-corrected chi connectivity index (χ0v) is 15.4. The van der Waals surface area contributed by atoms with Gasteiger partial charge >= 0.3 is 6.16 Å². The van der Waals surface area contributed by atoms with Crippen LogP contribution in [-0.4, -0.2) is 24.4 Å². The van der Waals surface area contributed by atoms with Crippen molar-refractivity contribution in [2.45, 2.75) is 45.1 Å². The van der Waals surface area contributed by atoms with Gasteiger partial charge in [-0.1, -0.05) is 19.1 Å². The molecule has 1 heterocycles. The molecule has 1 unspecified atom stereocenters. The number of rotatable bonds is 7. The number of carbonyl (C=O) groups is 1. The summed E-state index contributed by atoms with van der Waals surface area (Å²) in [5, 5.41) is 11.1. The first kappa shape index (κ1) is 17.8. The van der Waals surface area contributed by atoms with E-state index in [0.29, 0.717) is 0 Å². The SMILES string of the molecule is CCCN(CCc1cccs1)c1ccc2c(c1)C(OC(=O)O)CCC2. The monoisotopic (exact) mass is 359 g/mol. The van der Waals surface area contributed by atoms with Gasteiger partial charge in [0, 0.05) is 23.7 Å². The van der Waals surface area contributed by atoms with Crippen LogP contribution >= 0.6 is 11.3 Å². The molecular weight excluding hydrogens is 334 g/mol. The first-order valence-electron chi connectivity index (χ1n) is 8.97. The number of aryl methyl sites for hydroxylation is 1. The van der Waals surface area contributed by atoms with Gasteiger partial charge in [-0.3, -0.25) is 0 Å². The van der Waals surface area contributed by atoms with Crippen LogP contribution in [0.5, 0.6) is 0 Å². The van der Waals surface area contributed by atoms with Crippen LogP contribution in [0.1, 0.15) is 48.3 Å². The van der Waals surface area contributed by atoms with E-state index in [1.807, 2.05) is 0 Å². The Labute approximate surface area is 153 Å². The standard InChI is InChI=1S/C20H25NO3S/c1-2-11-21(12-10-17-6-4-13-25-17)16-9-8-15-5-3-7-19(18(15)14-16)24-20(22)23/h4,6,8-9,13-14,19H,2-3,5,7,10-12H2,1H3,(H,22,23). The maximum atomic E-state index is 11.0. The maximum Gasteiger partial charge on any atom is 0.506 e. The Morgan fingerprint density at radius 1 is 1.36 bits per heavy atom. The van der Waals surface area contributed by atoms with Gasteiger partial charge in [-0.05, 0) is 66.8 Å². The first-order chi connectivity index (χ1) is 12.2. The topological polar surface area (TPSA) is 49.8 Å². The highest BCUT2D eigenvalue weighted by Gasteiger charge is 2.24. The maximum absolute atomic E-state index is 11.0. The molecular formula is C20H25NO3S. The van der Waals surface area contributed by atoms with E-state index in [4.69, 9.17) is 9.84 Å². The van der Waals surface area contributed by atoms with Crippen molar-refractivity contribution >= 4 is 23.2 Å². The van der Waals surface area contributed by atoms with Crippen LogP contribution in [0, 0.1) is 0 Å². The van der Waals surface area contributed by atoms with Crippen molar-refractivity contribution in [1.82, 2.24) is 0 Å². The Hall–Kier alpha value is -2.01. The summed E-state index contributed by atoms with van der Waals surface area (Å²) in [5.41, 5.74) is 3.43. The summed E-state index contributed by atoms with van der Waals surface area (Å²) in [6, 6.07) is 10.7. The summed E-state index contributed by atoms with van der Waals surface area (Å²) in [7, 11) is 0. The number of thiophene rings is 1. The van der Waals surface area contributed by atoms with Gasteiger partial charge in [0.25, 0.3) is 0 Å². The van der Waals surface area contributed by atoms with Gasteiger partial charge in [-0.2, -0.15) is 0 Å². The van der Waals surface area contributed by atoms with Crippen LogP contribution in [0.3, 0.4) is 0 Å². The van der Waals surface area contributed by atoms with E-state index in [-0.39, 0.29) is 6.10 Å². The number of hydrogen-bond acceptors (Lipinski definition) is 4. The number of benzene rings is 1. The van der Waals surface area contributed by atoms with E-state index in [1.165, 1.54) is 10.4 Å². The van der Waals surface area contributed by atoms with Crippen LogP contribution in [0.15, 0.2) is 35.7 Å². The minimum Gasteiger partial charge on any atom is -0.450 e. The zero-order chi connectivity index (χ0) is 17.6. The molecule has 0 saturated heterocycles. The summed E-state index contributed by atoms with van der Waals surface area (Å²) >= 11 is 1.80. The summed E-state index contributed by atoms with van der Waals surface area (Å²) in [5.74, 6) is 0. The minimum atomic E-state index is -1.19. The smallest absolute Gasteiger partial charge is 0.450 e. The van der Waals surface area contributed by atoms with Gasteiger partial charge in [0.2, 0.25) is 0 Å². The summed E-state index contributed by atoms with van der Waals surface area (Å²) in [6.07, 6.45) is 3.33. The highest BCUT2D eigenvalue weighted by molar-refractivity contribution is 7.09. The zero-order valence-electron chi connectivity index (χ0n) is 14.6. The molecule has 0 aliphatic heterocycles. The minimum absolute atomic E-state index is 0.332. The fraction of sp³-hybridized carbons (Fsp3) is 0.450. The molecule has 2 aromatic rings. The van der Waals surface area contributed by atoms with Crippen molar-refractivity contribution in [3.05, 3.63) is 51.7 Å². The normalized spacial score (nSPS) is 16.3. The quantitative estimate of drug-likeness (QED) is 0.683. The van der Waals surface area contributed by atoms with Gasteiger partial charge in [0.1, 0.15) is 6.10 Å². The summed E-state index contributed by atoms with van der Waals surface area (Å²) < 4.78 is 5.13. The molecule has 0 radical (unpaired) electrons. The molecule has 0 fully saturated rings. The average Bonchev–Trinajstić information content (AvgIpc) is 3.12. The van der Waals surface area contributed by atoms with Gasteiger partial charge in [-0.25, -0.2) is 4.79 Å². The Bertz CT molecular complexity index is 699. The Morgan fingerprint density at radius 2 is 2.24 bits per heavy atom. The van der Waals surface area contributed by atoms with Gasteiger partial charge in [-0.15, -0.1) is 11.3 Å². The predicted molar refractivity (Wildman–Crippen MR) is 102 cm³/mol. The van der Waals surface area contributed by atoms with Crippen LogP contribution < -0.4 is 4.90 Å². The van der Waals surface area contributed by atoms with E-state index in [1.54, 1.807) is 11.3 Å². The van der Waals surface area contributed by atoms with Crippen LogP contribution in [-0.2, 0) is 17.6 Å². The van der Waals surface area contributed by atoms with E-state index >= 15 is 0 Å². The molecule has 0 amide bonds. The number of anilines is 1. The molecule has 1 aliphatic rings. The van der Waals surface area contributed by atoms with E-state index in [9.17, 15) is 4.79 Å². The second-order valence-electron chi connectivity index (χ2n) is 6.46. The number of hydrogen-bond donors (Lipinski definition) is 1. The first-order valence-corrected chi connectivity index (χ1v) is 9.85. The van der Waals surface area contributed by atoms with Gasteiger partial charge in [0.05, 0.1) is 0 Å². The fourth-order valence-corrected chi connectivity index (χ4v) is 4.22. The molecule has 1 atom stereocenters. The number of fused-ring (bicyclic) bond motifs is 1. The second kappa shape index (κ2) is 8.39. The molecule has 4 nitrogen and oxygen atoms in total. The third kappa shape index (κ3) is 4.54. The van der Waals surface area contributed by atoms with Crippen molar-refractivity contribution < 1.29 is 14.6 Å². The lowest BCUT2D eigenvalue weighted by atomic mass is 9.89. The second-order valence-corrected chi connectivity index (χ2v) is 7.50. The lowest BCUT2D eigenvalue weighted by molar-refractivity contribution is 0.0439. The Balaban J connectivity index is 1.80.